The van der Waals surface area contributed by atoms with E-state index < -0.39 is 17.9 Å². The predicted molar refractivity (Wildman–Crippen MR) is 89.7 cm³/mol. The van der Waals surface area contributed by atoms with E-state index in [-0.39, 0.29) is 17.2 Å². The Bertz CT molecular complexity index is 826. The van der Waals surface area contributed by atoms with Gasteiger partial charge in [-0.3, -0.25) is 9.59 Å². The van der Waals surface area contributed by atoms with E-state index >= 15 is 0 Å². The zero-order valence-electron chi connectivity index (χ0n) is 14.2. The molecule has 2 aromatic rings. The molecular formula is C17H21N3O4. The number of fused-ring (bicyclic) bond motifs is 1. The molecule has 0 spiro atoms. The number of carbonyl (C=O) groups is 2. The molecule has 1 amide bonds. The van der Waals surface area contributed by atoms with Crippen molar-refractivity contribution in [1.82, 2.24) is 15.1 Å². The first kappa shape index (κ1) is 17.7. The Labute approximate surface area is 139 Å². The second-order valence-corrected chi connectivity index (χ2v) is 6.00. The highest BCUT2D eigenvalue weighted by Crippen LogP contribution is 2.14. The van der Waals surface area contributed by atoms with Crippen molar-refractivity contribution in [2.75, 3.05) is 7.11 Å². The van der Waals surface area contributed by atoms with Crippen LogP contribution in [0.3, 0.4) is 0 Å². The van der Waals surface area contributed by atoms with Crippen LogP contribution in [0.2, 0.25) is 0 Å². The van der Waals surface area contributed by atoms with Crippen LogP contribution in [0.25, 0.3) is 10.8 Å². The largest absolute Gasteiger partial charge is 0.467 e. The van der Waals surface area contributed by atoms with Crippen LogP contribution in [0.4, 0.5) is 0 Å². The van der Waals surface area contributed by atoms with Gasteiger partial charge in [0, 0.05) is 12.4 Å². The number of methoxy groups -OCH3 is 1. The molecule has 0 aliphatic rings. The maximum absolute atomic E-state index is 12.6. The SMILES string of the molecule is COC(=O)C(CC(C)C)NC(=O)c1nn(C)c(=O)c2ccccc12. The highest BCUT2D eigenvalue weighted by Gasteiger charge is 2.25. The van der Waals surface area contributed by atoms with E-state index in [0.29, 0.717) is 17.2 Å². The maximum atomic E-state index is 12.6. The number of rotatable bonds is 5. The van der Waals surface area contributed by atoms with Crippen LogP contribution >= 0.6 is 0 Å². The number of hydrogen-bond donors (Lipinski definition) is 1. The minimum atomic E-state index is -0.764. The molecular weight excluding hydrogens is 310 g/mol. The Kier molecular flexibility index (Phi) is 5.33. The number of amides is 1. The predicted octanol–water partition coefficient (Wildman–Crippen LogP) is 1.25. The minimum absolute atomic E-state index is 0.102. The van der Waals surface area contributed by atoms with Gasteiger partial charge in [0.25, 0.3) is 11.5 Å². The van der Waals surface area contributed by atoms with E-state index in [9.17, 15) is 14.4 Å². The lowest BCUT2D eigenvalue weighted by atomic mass is 10.0. The fourth-order valence-corrected chi connectivity index (χ4v) is 2.52. The van der Waals surface area contributed by atoms with Crippen LogP contribution in [-0.2, 0) is 16.6 Å². The highest BCUT2D eigenvalue weighted by atomic mass is 16.5. The number of nitrogens with one attached hydrogen (secondary N) is 1. The second-order valence-electron chi connectivity index (χ2n) is 6.00. The molecule has 0 fully saturated rings. The van der Waals surface area contributed by atoms with Gasteiger partial charge in [-0.15, -0.1) is 0 Å². The fraction of sp³-hybridized carbons (Fsp3) is 0.412. The van der Waals surface area contributed by atoms with Crippen molar-refractivity contribution in [1.29, 1.82) is 0 Å². The lowest BCUT2D eigenvalue weighted by Gasteiger charge is -2.18. The first-order chi connectivity index (χ1) is 11.3. The van der Waals surface area contributed by atoms with Gasteiger partial charge in [-0.1, -0.05) is 32.0 Å². The Hall–Kier alpha value is -2.70. The summed E-state index contributed by atoms with van der Waals surface area (Å²) in [6.07, 6.45) is 0.447. The summed E-state index contributed by atoms with van der Waals surface area (Å²) in [5.41, 5.74) is -0.181. The van der Waals surface area contributed by atoms with Gasteiger partial charge in [0.1, 0.15) is 6.04 Å². The number of ether oxygens (including phenoxy) is 1. The highest BCUT2D eigenvalue weighted by molar-refractivity contribution is 6.05. The van der Waals surface area contributed by atoms with Crippen molar-refractivity contribution in [3.63, 3.8) is 0 Å². The Morgan fingerprint density at radius 3 is 2.46 bits per heavy atom. The molecule has 7 nitrogen and oxygen atoms in total. The van der Waals surface area contributed by atoms with Gasteiger partial charge in [-0.05, 0) is 18.4 Å². The van der Waals surface area contributed by atoms with Crippen molar-refractivity contribution >= 4 is 22.6 Å². The average Bonchev–Trinajstić information content (AvgIpc) is 2.56. The third-order valence-corrected chi connectivity index (χ3v) is 3.67. The second kappa shape index (κ2) is 7.25. The number of carbonyl (C=O) groups excluding carboxylic acids is 2. The van der Waals surface area contributed by atoms with E-state index in [1.54, 1.807) is 24.3 Å². The zero-order chi connectivity index (χ0) is 17.9. The van der Waals surface area contributed by atoms with Gasteiger partial charge >= 0.3 is 5.97 Å². The molecule has 1 N–H and O–H groups in total. The summed E-state index contributed by atoms with van der Waals surface area (Å²) in [6, 6.07) is 5.99. The van der Waals surface area contributed by atoms with Crippen LogP contribution in [0, 0.1) is 5.92 Å². The minimum Gasteiger partial charge on any atom is -0.467 e. The van der Waals surface area contributed by atoms with Crippen LogP contribution in [0.5, 0.6) is 0 Å². The number of benzene rings is 1. The van der Waals surface area contributed by atoms with Crippen LogP contribution in [-0.4, -0.2) is 34.8 Å². The fourth-order valence-electron chi connectivity index (χ4n) is 2.52. The van der Waals surface area contributed by atoms with Gasteiger partial charge in [0.2, 0.25) is 0 Å². The van der Waals surface area contributed by atoms with E-state index in [1.165, 1.54) is 14.2 Å². The lowest BCUT2D eigenvalue weighted by molar-refractivity contribution is -0.143. The topological polar surface area (TPSA) is 90.3 Å². The van der Waals surface area contributed by atoms with Crippen LogP contribution in [0.15, 0.2) is 29.1 Å². The number of esters is 1. The summed E-state index contributed by atoms with van der Waals surface area (Å²) in [4.78, 5) is 36.6. The molecule has 2 rings (SSSR count). The lowest BCUT2D eigenvalue weighted by Crippen LogP contribution is -2.43. The van der Waals surface area contributed by atoms with E-state index in [1.807, 2.05) is 13.8 Å². The normalized spacial score (nSPS) is 12.2. The van der Waals surface area contributed by atoms with Gasteiger partial charge in [0.15, 0.2) is 5.69 Å². The number of hydrogen-bond acceptors (Lipinski definition) is 5. The maximum Gasteiger partial charge on any atom is 0.328 e. The molecule has 0 saturated heterocycles. The standard InChI is InChI=1S/C17H21N3O4/c1-10(2)9-13(17(23)24-4)18-15(21)14-11-7-5-6-8-12(11)16(22)20(3)19-14/h5-8,10,13H,9H2,1-4H3,(H,18,21). The van der Waals surface area contributed by atoms with E-state index in [2.05, 4.69) is 10.4 Å². The number of nitrogens with zero attached hydrogens (tertiary/aromatic N) is 2. The Morgan fingerprint density at radius 2 is 1.88 bits per heavy atom. The van der Waals surface area contributed by atoms with Crippen LogP contribution in [0.1, 0.15) is 30.8 Å². The molecule has 128 valence electrons. The summed E-state index contributed by atoms with van der Waals surface area (Å²) in [5.74, 6) is -0.830. The first-order valence-electron chi connectivity index (χ1n) is 7.70. The van der Waals surface area contributed by atoms with Gasteiger partial charge in [-0.2, -0.15) is 5.10 Å². The molecule has 0 aliphatic carbocycles. The van der Waals surface area contributed by atoms with E-state index in [0.717, 1.165) is 4.68 Å². The van der Waals surface area contributed by atoms with Gasteiger partial charge in [0.05, 0.1) is 12.5 Å². The van der Waals surface area contributed by atoms with Crippen molar-refractivity contribution in [2.24, 2.45) is 13.0 Å². The summed E-state index contributed by atoms with van der Waals surface area (Å²) in [5, 5.41) is 7.57. The van der Waals surface area contributed by atoms with Crippen molar-refractivity contribution in [2.45, 2.75) is 26.3 Å². The van der Waals surface area contributed by atoms with Gasteiger partial charge < -0.3 is 10.1 Å². The average molecular weight is 331 g/mol. The number of aromatic nitrogens is 2. The Balaban J connectivity index is 2.42. The molecule has 24 heavy (non-hydrogen) atoms. The van der Waals surface area contributed by atoms with E-state index in [4.69, 9.17) is 4.74 Å². The quantitative estimate of drug-likeness (QED) is 0.833. The zero-order valence-corrected chi connectivity index (χ0v) is 14.2. The molecule has 1 aromatic carbocycles. The Morgan fingerprint density at radius 1 is 1.25 bits per heavy atom. The first-order valence-corrected chi connectivity index (χ1v) is 7.70. The van der Waals surface area contributed by atoms with Crippen molar-refractivity contribution < 1.29 is 14.3 Å². The molecule has 0 saturated carbocycles. The summed E-state index contributed by atoms with van der Waals surface area (Å²) >= 11 is 0. The third kappa shape index (κ3) is 3.61. The molecule has 0 aliphatic heterocycles. The van der Waals surface area contributed by atoms with Crippen molar-refractivity contribution in [3.8, 4) is 0 Å². The molecule has 0 radical (unpaired) electrons. The molecule has 1 heterocycles. The summed E-state index contributed by atoms with van der Waals surface area (Å²) in [6.45, 7) is 3.89. The smallest absolute Gasteiger partial charge is 0.328 e. The molecule has 7 heteroatoms. The number of aryl methyl sites for hydroxylation is 1. The summed E-state index contributed by atoms with van der Waals surface area (Å²) < 4.78 is 5.87. The van der Waals surface area contributed by atoms with Crippen LogP contribution < -0.4 is 10.9 Å². The molecule has 1 unspecified atom stereocenters. The molecule has 0 bridgehead atoms. The third-order valence-electron chi connectivity index (χ3n) is 3.67. The monoisotopic (exact) mass is 331 g/mol. The summed E-state index contributed by atoms with van der Waals surface area (Å²) in [7, 11) is 2.76. The molecule has 1 atom stereocenters. The van der Waals surface area contributed by atoms with Gasteiger partial charge in [-0.25, -0.2) is 9.48 Å². The van der Waals surface area contributed by atoms with Crippen molar-refractivity contribution in [3.05, 3.63) is 40.3 Å². The molecule has 1 aromatic heterocycles.